The number of hydrogen-bond acceptors (Lipinski definition) is 3. The molecule has 3 N–H and O–H groups in total. The van der Waals surface area contributed by atoms with Crippen molar-refractivity contribution < 1.29 is 19.5 Å². The van der Waals surface area contributed by atoms with Crippen molar-refractivity contribution in [1.82, 2.24) is 10.6 Å². The Morgan fingerprint density at radius 1 is 1.19 bits per heavy atom. The van der Waals surface area contributed by atoms with Crippen LogP contribution in [0.2, 0.25) is 0 Å². The molecule has 2 aliphatic carbocycles. The van der Waals surface area contributed by atoms with E-state index in [-0.39, 0.29) is 42.7 Å². The standard InChI is InChI=1S/C15H22N2O4/c1-8(2)17-11(18)5-6-16-14(19)12-9-3-4-10(7-9)13(12)15(20)21/h3-4,8-10,12-13H,5-7H2,1-2H3,(H,16,19)(H,17,18)(H,20,21)/t9?,10?,12-,13+/m0/s1. The first-order valence-corrected chi connectivity index (χ1v) is 7.38. The Morgan fingerprint density at radius 3 is 2.38 bits per heavy atom. The van der Waals surface area contributed by atoms with Gasteiger partial charge in [-0.15, -0.1) is 0 Å². The number of aliphatic carboxylic acids is 1. The molecule has 6 nitrogen and oxygen atoms in total. The summed E-state index contributed by atoms with van der Waals surface area (Å²) < 4.78 is 0. The van der Waals surface area contributed by atoms with Crippen LogP contribution in [0.4, 0.5) is 0 Å². The van der Waals surface area contributed by atoms with Crippen LogP contribution in [0.15, 0.2) is 12.2 Å². The molecule has 2 bridgehead atoms. The highest BCUT2D eigenvalue weighted by molar-refractivity contribution is 5.87. The molecule has 4 atom stereocenters. The summed E-state index contributed by atoms with van der Waals surface area (Å²) in [5.74, 6) is -2.45. The topological polar surface area (TPSA) is 95.5 Å². The molecule has 0 aromatic heterocycles. The second-order valence-electron chi connectivity index (χ2n) is 6.10. The van der Waals surface area contributed by atoms with Crippen molar-refractivity contribution in [2.45, 2.75) is 32.7 Å². The van der Waals surface area contributed by atoms with Gasteiger partial charge in [0.2, 0.25) is 11.8 Å². The van der Waals surface area contributed by atoms with Crippen molar-refractivity contribution in [2.24, 2.45) is 23.7 Å². The third kappa shape index (κ3) is 3.43. The molecule has 0 aromatic rings. The fourth-order valence-electron chi connectivity index (χ4n) is 3.33. The van der Waals surface area contributed by atoms with Crippen molar-refractivity contribution in [3.8, 4) is 0 Å². The van der Waals surface area contributed by atoms with Gasteiger partial charge in [-0.05, 0) is 32.1 Å². The van der Waals surface area contributed by atoms with Gasteiger partial charge in [0, 0.05) is 19.0 Å². The summed E-state index contributed by atoms with van der Waals surface area (Å²) in [6.45, 7) is 3.98. The molecule has 1 saturated carbocycles. The quantitative estimate of drug-likeness (QED) is 0.623. The maximum absolute atomic E-state index is 12.2. The van der Waals surface area contributed by atoms with E-state index in [0.717, 1.165) is 6.42 Å². The molecule has 1 fully saturated rings. The Labute approximate surface area is 124 Å². The SMILES string of the molecule is CC(C)NC(=O)CCNC(=O)[C@H]1C2C=CC(C2)[C@H]1C(=O)O. The molecule has 0 saturated heterocycles. The average Bonchev–Trinajstić information content (AvgIpc) is 2.97. The third-order valence-electron chi connectivity index (χ3n) is 4.15. The van der Waals surface area contributed by atoms with Gasteiger partial charge in [-0.3, -0.25) is 14.4 Å². The molecule has 0 spiro atoms. The minimum absolute atomic E-state index is 0.0144. The van der Waals surface area contributed by atoms with Crippen LogP contribution in [0.3, 0.4) is 0 Å². The van der Waals surface area contributed by atoms with Crippen LogP contribution in [-0.2, 0) is 14.4 Å². The summed E-state index contributed by atoms with van der Waals surface area (Å²) in [7, 11) is 0. The summed E-state index contributed by atoms with van der Waals surface area (Å²) >= 11 is 0. The first-order valence-electron chi connectivity index (χ1n) is 7.38. The first kappa shape index (κ1) is 15.5. The van der Waals surface area contributed by atoms with Gasteiger partial charge in [0.15, 0.2) is 0 Å². The van der Waals surface area contributed by atoms with Gasteiger partial charge in [-0.1, -0.05) is 12.2 Å². The predicted octanol–water partition coefficient (Wildman–Crippen LogP) is 0.540. The number of allylic oxidation sites excluding steroid dienone is 2. The fourth-order valence-corrected chi connectivity index (χ4v) is 3.33. The van der Waals surface area contributed by atoms with E-state index in [4.69, 9.17) is 0 Å². The Hall–Kier alpha value is -1.85. The van der Waals surface area contributed by atoms with Crippen molar-refractivity contribution in [3.63, 3.8) is 0 Å². The zero-order chi connectivity index (χ0) is 15.6. The smallest absolute Gasteiger partial charge is 0.307 e. The summed E-state index contributed by atoms with van der Waals surface area (Å²) in [6.07, 6.45) is 4.80. The van der Waals surface area contributed by atoms with Crippen molar-refractivity contribution in [2.75, 3.05) is 6.54 Å². The van der Waals surface area contributed by atoms with Gasteiger partial charge in [-0.25, -0.2) is 0 Å². The Bertz CT molecular complexity index is 472. The largest absolute Gasteiger partial charge is 0.481 e. The highest BCUT2D eigenvalue weighted by atomic mass is 16.4. The molecule has 6 heteroatoms. The lowest BCUT2D eigenvalue weighted by Crippen LogP contribution is -2.41. The molecular weight excluding hydrogens is 272 g/mol. The summed E-state index contributed by atoms with van der Waals surface area (Å²) in [5, 5.41) is 14.7. The molecular formula is C15H22N2O4. The lowest BCUT2D eigenvalue weighted by Gasteiger charge is -2.23. The molecule has 0 aromatic carbocycles. The van der Waals surface area contributed by atoms with Crippen LogP contribution < -0.4 is 10.6 Å². The van der Waals surface area contributed by atoms with Crippen molar-refractivity contribution in [3.05, 3.63) is 12.2 Å². The zero-order valence-corrected chi connectivity index (χ0v) is 12.3. The Morgan fingerprint density at radius 2 is 1.81 bits per heavy atom. The second kappa shape index (κ2) is 6.28. The number of carboxylic acids is 1. The molecule has 0 heterocycles. The van der Waals surface area contributed by atoms with Crippen LogP contribution in [-0.4, -0.2) is 35.5 Å². The van der Waals surface area contributed by atoms with Gasteiger partial charge >= 0.3 is 5.97 Å². The minimum Gasteiger partial charge on any atom is -0.481 e. The first-order chi connectivity index (χ1) is 9.90. The van der Waals surface area contributed by atoms with E-state index >= 15 is 0 Å². The Kier molecular flexibility index (Phi) is 4.65. The fraction of sp³-hybridized carbons (Fsp3) is 0.667. The number of nitrogens with one attached hydrogen (secondary N) is 2. The van der Waals surface area contributed by atoms with Gasteiger partial charge in [-0.2, -0.15) is 0 Å². The molecule has 0 aliphatic heterocycles. The maximum Gasteiger partial charge on any atom is 0.307 e. The summed E-state index contributed by atoms with van der Waals surface area (Å²) in [4.78, 5) is 35.0. The van der Waals surface area contributed by atoms with Crippen LogP contribution in [0.5, 0.6) is 0 Å². The van der Waals surface area contributed by atoms with Crippen LogP contribution >= 0.6 is 0 Å². The molecule has 2 aliphatic rings. The molecule has 2 amide bonds. The predicted molar refractivity (Wildman–Crippen MR) is 76.3 cm³/mol. The summed E-state index contributed by atoms with van der Waals surface area (Å²) in [5.41, 5.74) is 0. The maximum atomic E-state index is 12.2. The number of carbonyl (C=O) groups is 3. The number of amides is 2. The lowest BCUT2D eigenvalue weighted by atomic mass is 9.82. The number of hydrogen-bond donors (Lipinski definition) is 3. The van der Waals surface area contributed by atoms with E-state index in [9.17, 15) is 19.5 Å². The summed E-state index contributed by atoms with van der Waals surface area (Å²) in [6, 6.07) is 0.0697. The van der Waals surface area contributed by atoms with Crippen molar-refractivity contribution >= 4 is 17.8 Å². The van der Waals surface area contributed by atoms with Gasteiger partial charge in [0.05, 0.1) is 11.8 Å². The molecule has 116 valence electrons. The number of rotatable bonds is 6. The minimum atomic E-state index is -0.912. The highest BCUT2D eigenvalue weighted by Gasteiger charge is 2.51. The highest BCUT2D eigenvalue weighted by Crippen LogP contribution is 2.48. The average molecular weight is 294 g/mol. The van der Waals surface area contributed by atoms with Gasteiger partial charge in [0.25, 0.3) is 0 Å². The van der Waals surface area contributed by atoms with Crippen LogP contribution in [0, 0.1) is 23.7 Å². The molecule has 2 unspecified atom stereocenters. The molecule has 21 heavy (non-hydrogen) atoms. The third-order valence-corrected chi connectivity index (χ3v) is 4.15. The number of carbonyl (C=O) groups excluding carboxylic acids is 2. The van der Waals surface area contributed by atoms with Crippen LogP contribution in [0.1, 0.15) is 26.7 Å². The van der Waals surface area contributed by atoms with E-state index in [0.29, 0.717) is 0 Å². The second-order valence-corrected chi connectivity index (χ2v) is 6.10. The van der Waals surface area contributed by atoms with E-state index in [1.165, 1.54) is 0 Å². The zero-order valence-electron chi connectivity index (χ0n) is 12.3. The number of carboxylic acid groups (broad SMARTS) is 1. The monoisotopic (exact) mass is 294 g/mol. The van der Waals surface area contributed by atoms with Gasteiger partial charge < -0.3 is 15.7 Å². The normalized spacial score (nSPS) is 29.7. The van der Waals surface area contributed by atoms with E-state index in [1.807, 2.05) is 26.0 Å². The van der Waals surface area contributed by atoms with Gasteiger partial charge in [0.1, 0.15) is 0 Å². The van der Waals surface area contributed by atoms with Crippen molar-refractivity contribution in [1.29, 1.82) is 0 Å². The molecule has 2 rings (SSSR count). The van der Waals surface area contributed by atoms with E-state index in [2.05, 4.69) is 10.6 Å². The van der Waals surface area contributed by atoms with Crippen LogP contribution in [0.25, 0.3) is 0 Å². The van der Waals surface area contributed by atoms with E-state index < -0.39 is 17.8 Å². The molecule has 0 radical (unpaired) electrons. The lowest BCUT2D eigenvalue weighted by molar-refractivity contribution is -0.147. The number of fused-ring (bicyclic) bond motifs is 2. The Balaban J connectivity index is 1.84. The van der Waals surface area contributed by atoms with E-state index in [1.54, 1.807) is 0 Å².